The Balaban J connectivity index is 2.10. The molecule has 0 unspecified atom stereocenters. The number of carbonyl (C=O) groups is 1. The van der Waals surface area contributed by atoms with Crippen LogP contribution in [0.5, 0.6) is 11.5 Å². The van der Waals surface area contributed by atoms with Gasteiger partial charge in [-0.25, -0.2) is 14.4 Å². The van der Waals surface area contributed by atoms with E-state index in [1.807, 2.05) is 13.8 Å². The number of benzene rings is 1. The summed E-state index contributed by atoms with van der Waals surface area (Å²) in [4.78, 5) is 19.1. The number of aliphatic hydroxyl groups is 2. The normalized spacial score (nSPS) is 11.6. The first-order valence-corrected chi connectivity index (χ1v) is 8.20. The fourth-order valence-corrected chi connectivity index (χ4v) is 2.68. The predicted octanol–water partition coefficient (Wildman–Crippen LogP) is 1.75. The maximum Gasteiger partial charge on any atom is 0.355 e. The van der Waals surface area contributed by atoms with Gasteiger partial charge in [0.05, 0.1) is 11.3 Å². The van der Waals surface area contributed by atoms with Crippen molar-refractivity contribution in [2.75, 3.05) is 0 Å². The molecule has 0 aliphatic heterocycles. The first-order valence-electron chi connectivity index (χ1n) is 8.20. The lowest BCUT2D eigenvalue weighted by molar-refractivity contribution is -0.304. The number of phenols is 1. The Morgan fingerprint density at radius 1 is 1.32 bits per heavy atom. The number of halogens is 1. The summed E-state index contributed by atoms with van der Waals surface area (Å²) in [6.45, 7) is 3.76. The highest BCUT2D eigenvalue weighted by atomic mass is 19.1. The number of aldehydes is 1. The second-order valence-corrected chi connectivity index (χ2v) is 6.20. The van der Waals surface area contributed by atoms with Gasteiger partial charge in [-0.15, -0.1) is 0 Å². The molecule has 28 heavy (non-hydrogen) atoms. The van der Waals surface area contributed by atoms with Crippen LogP contribution in [0.1, 0.15) is 35.8 Å². The zero-order valence-corrected chi connectivity index (χ0v) is 14.9. The van der Waals surface area contributed by atoms with Crippen molar-refractivity contribution in [2.24, 2.45) is 0 Å². The summed E-state index contributed by atoms with van der Waals surface area (Å²) >= 11 is 0. The summed E-state index contributed by atoms with van der Waals surface area (Å²) < 4.78 is 20.3. The van der Waals surface area contributed by atoms with E-state index in [0.717, 1.165) is 12.3 Å². The molecule has 0 bridgehead atoms. The van der Waals surface area contributed by atoms with E-state index in [1.165, 1.54) is 12.5 Å². The third-order valence-electron chi connectivity index (χ3n) is 3.92. The topological polar surface area (TPSA) is 131 Å². The number of hydrogen-bond donors (Lipinski definition) is 3. The maximum absolute atomic E-state index is 13.6. The number of rotatable bonds is 6. The molecule has 0 fully saturated rings. The van der Waals surface area contributed by atoms with Crippen LogP contribution in [0.15, 0.2) is 36.9 Å². The van der Waals surface area contributed by atoms with Gasteiger partial charge in [0.2, 0.25) is 0 Å². The molecule has 1 aromatic carbocycles. The van der Waals surface area contributed by atoms with Crippen LogP contribution >= 0.6 is 0 Å². The van der Waals surface area contributed by atoms with E-state index >= 15 is 0 Å². The van der Waals surface area contributed by atoms with Crippen LogP contribution in [-0.4, -0.2) is 41.4 Å². The van der Waals surface area contributed by atoms with Crippen LogP contribution in [0, 0.1) is 5.82 Å². The van der Waals surface area contributed by atoms with Crippen molar-refractivity contribution in [1.82, 2.24) is 19.7 Å². The monoisotopic (exact) mass is 388 g/mol. The summed E-state index contributed by atoms with van der Waals surface area (Å²) in [7, 11) is 0. The van der Waals surface area contributed by atoms with Crippen molar-refractivity contribution in [1.29, 1.82) is 0 Å². The number of aromatic hydroxyl groups is 1. The van der Waals surface area contributed by atoms with Gasteiger partial charge in [0, 0.05) is 30.6 Å². The van der Waals surface area contributed by atoms with E-state index < -0.39 is 28.9 Å². The zero-order valence-electron chi connectivity index (χ0n) is 14.9. The lowest BCUT2D eigenvalue weighted by Gasteiger charge is -2.25. The van der Waals surface area contributed by atoms with E-state index in [9.17, 15) is 24.5 Å². The Morgan fingerprint density at radius 3 is 2.75 bits per heavy atom. The molecule has 0 saturated heterocycles. The Bertz CT molecular complexity index is 1020. The highest BCUT2D eigenvalue weighted by molar-refractivity contribution is 5.83. The molecule has 3 aromatic rings. The molecular formula is C18H17FN4O5. The standard InChI is InChI=1S/C18H17FN4O5/c1-10(2)23-14(3-4-22-23)17-13(7-20-9-21-17)18(26,27)28-16-6-11(19)5-15(25)12(16)8-24/h3-10,25-27H,1-2H3. The Morgan fingerprint density at radius 2 is 2.07 bits per heavy atom. The van der Waals surface area contributed by atoms with Gasteiger partial charge in [-0.05, 0) is 19.9 Å². The van der Waals surface area contributed by atoms with Gasteiger partial charge in [0.1, 0.15) is 34.9 Å². The fourth-order valence-electron chi connectivity index (χ4n) is 2.68. The molecule has 0 aliphatic carbocycles. The zero-order chi connectivity index (χ0) is 20.5. The second-order valence-electron chi connectivity index (χ2n) is 6.20. The van der Waals surface area contributed by atoms with Gasteiger partial charge in [0.25, 0.3) is 0 Å². The van der Waals surface area contributed by atoms with Crippen molar-refractivity contribution in [3.63, 3.8) is 0 Å². The molecule has 0 amide bonds. The van der Waals surface area contributed by atoms with Crippen LogP contribution in [-0.2, 0) is 5.97 Å². The van der Waals surface area contributed by atoms with E-state index in [1.54, 1.807) is 10.7 Å². The van der Waals surface area contributed by atoms with Gasteiger partial charge >= 0.3 is 5.97 Å². The lowest BCUT2D eigenvalue weighted by Crippen LogP contribution is -2.34. The summed E-state index contributed by atoms with van der Waals surface area (Å²) in [5.41, 5.74) is -0.141. The number of nitrogens with zero attached hydrogens (tertiary/aromatic N) is 4. The minimum Gasteiger partial charge on any atom is -0.507 e. The molecule has 9 nitrogen and oxygen atoms in total. The Labute approximate surface area is 158 Å². The van der Waals surface area contributed by atoms with E-state index in [4.69, 9.17) is 4.74 Å². The summed E-state index contributed by atoms with van der Waals surface area (Å²) in [5.74, 6) is -5.25. The Kier molecular flexibility index (Phi) is 5.08. The molecule has 0 saturated carbocycles. The third kappa shape index (κ3) is 3.55. The molecule has 2 heterocycles. The molecular weight excluding hydrogens is 371 g/mol. The van der Waals surface area contributed by atoms with Crippen LogP contribution in [0.4, 0.5) is 4.39 Å². The van der Waals surface area contributed by atoms with E-state index in [2.05, 4.69) is 15.1 Å². The van der Waals surface area contributed by atoms with Crippen LogP contribution in [0.3, 0.4) is 0 Å². The minimum atomic E-state index is -3.04. The van der Waals surface area contributed by atoms with Crippen molar-refractivity contribution in [2.45, 2.75) is 25.9 Å². The van der Waals surface area contributed by atoms with Gasteiger partial charge in [-0.2, -0.15) is 5.10 Å². The molecule has 0 spiro atoms. The molecule has 3 N–H and O–H groups in total. The molecule has 0 atom stereocenters. The molecule has 146 valence electrons. The third-order valence-corrected chi connectivity index (χ3v) is 3.92. The average molecular weight is 388 g/mol. The van der Waals surface area contributed by atoms with Gasteiger partial charge in [-0.3, -0.25) is 9.48 Å². The highest BCUT2D eigenvalue weighted by Crippen LogP contribution is 2.35. The second kappa shape index (κ2) is 7.33. The van der Waals surface area contributed by atoms with Crippen molar-refractivity contribution < 1.29 is 29.2 Å². The largest absolute Gasteiger partial charge is 0.507 e. The minimum absolute atomic E-state index is 0.0534. The number of aromatic nitrogens is 4. The number of hydrogen-bond acceptors (Lipinski definition) is 8. The summed E-state index contributed by atoms with van der Waals surface area (Å²) in [6, 6.07) is 3.01. The lowest BCUT2D eigenvalue weighted by atomic mass is 10.1. The first-order chi connectivity index (χ1) is 13.2. The number of phenolic OH excluding ortho intramolecular Hbond substituents is 1. The fraction of sp³-hybridized carbons (Fsp3) is 0.222. The smallest absolute Gasteiger partial charge is 0.355 e. The first kappa shape index (κ1) is 19.4. The molecule has 10 heteroatoms. The summed E-state index contributed by atoms with van der Waals surface area (Å²) in [5, 5.41) is 35.0. The van der Waals surface area contributed by atoms with Crippen molar-refractivity contribution in [3.05, 3.63) is 53.9 Å². The molecule has 3 rings (SSSR count). The quantitative estimate of drug-likeness (QED) is 0.430. The van der Waals surface area contributed by atoms with Crippen molar-refractivity contribution in [3.8, 4) is 22.9 Å². The van der Waals surface area contributed by atoms with E-state index in [0.29, 0.717) is 11.8 Å². The average Bonchev–Trinajstić information content (AvgIpc) is 3.11. The van der Waals surface area contributed by atoms with Gasteiger partial charge in [0.15, 0.2) is 6.29 Å². The maximum atomic E-state index is 13.6. The molecule has 0 radical (unpaired) electrons. The molecule has 0 aliphatic rings. The SMILES string of the molecule is CC(C)n1nccc1-c1ncncc1C(O)(O)Oc1cc(F)cc(O)c1C=O. The number of ether oxygens (including phenoxy) is 1. The van der Waals surface area contributed by atoms with Crippen LogP contribution < -0.4 is 4.74 Å². The Hall–Kier alpha value is -3.37. The predicted molar refractivity (Wildman–Crippen MR) is 93.8 cm³/mol. The highest BCUT2D eigenvalue weighted by Gasteiger charge is 2.35. The van der Waals surface area contributed by atoms with E-state index in [-0.39, 0.29) is 23.6 Å². The van der Waals surface area contributed by atoms with Crippen LogP contribution in [0.25, 0.3) is 11.4 Å². The van der Waals surface area contributed by atoms with Crippen molar-refractivity contribution >= 4 is 6.29 Å². The summed E-state index contributed by atoms with van der Waals surface area (Å²) in [6.07, 6.45) is 4.04. The van der Waals surface area contributed by atoms with Gasteiger partial charge in [-0.1, -0.05) is 0 Å². The molecule has 2 aromatic heterocycles. The van der Waals surface area contributed by atoms with Crippen LogP contribution in [0.2, 0.25) is 0 Å². The number of carbonyl (C=O) groups excluding carboxylic acids is 1. The van der Waals surface area contributed by atoms with Gasteiger partial charge < -0.3 is 20.1 Å².